The molecular formula is C13H20FNO. The molecule has 3 N–H and O–H groups in total. The molecule has 0 fully saturated rings. The van der Waals surface area contributed by atoms with Crippen LogP contribution in [0.3, 0.4) is 0 Å². The van der Waals surface area contributed by atoms with Crippen molar-refractivity contribution in [3.63, 3.8) is 0 Å². The van der Waals surface area contributed by atoms with Crippen molar-refractivity contribution in [2.24, 2.45) is 17.6 Å². The second kappa shape index (κ2) is 5.41. The maximum absolute atomic E-state index is 13.2. The van der Waals surface area contributed by atoms with Crippen molar-refractivity contribution in [2.75, 3.05) is 6.54 Å². The Balaban J connectivity index is 2.98. The number of hydrogen-bond acceptors (Lipinski definition) is 2. The van der Waals surface area contributed by atoms with Crippen LogP contribution in [-0.4, -0.2) is 11.7 Å². The van der Waals surface area contributed by atoms with Gasteiger partial charge in [0, 0.05) is 5.92 Å². The van der Waals surface area contributed by atoms with Gasteiger partial charge in [-0.05, 0) is 42.6 Å². The van der Waals surface area contributed by atoms with Gasteiger partial charge in [0.2, 0.25) is 0 Å². The molecule has 3 heteroatoms. The molecule has 2 unspecified atom stereocenters. The predicted molar refractivity (Wildman–Crippen MR) is 63.5 cm³/mol. The van der Waals surface area contributed by atoms with E-state index in [-0.39, 0.29) is 17.7 Å². The van der Waals surface area contributed by atoms with Crippen LogP contribution in [0.4, 0.5) is 4.39 Å². The molecule has 0 bridgehead atoms. The molecule has 1 rings (SSSR count). The standard InChI is InChI=1S/C13H20FNO/c1-8(2)12(7-15)13(16)10-4-9(3)5-11(14)6-10/h4-6,8,12-13,16H,7,15H2,1-3H3. The molecule has 16 heavy (non-hydrogen) atoms. The van der Waals surface area contributed by atoms with Gasteiger partial charge in [-0.15, -0.1) is 0 Å². The highest BCUT2D eigenvalue weighted by atomic mass is 19.1. The Bertz CT molecular complexity index is 332. The van der Waals surface area contributed by atoms with Gasteiger partial charge in [-0.25, -0.2) is 4.39 Å². The Morgan fingerprint density at radius 3 is 2.38 bits per heavy atom. The first kappa shape index (κ1) is 13.1. The third-order valence-corrected chi connectivity index (χ3v) is 2.94. The maximum atomic E-state index is 13.2. The molecule has 0 amide bonds. The summed E-state index contributed by atoms with van der Waals surface area (Å²) in [5, 5.41) is 10.2. The van der Waals surface area contributed by atoms with Crippen LogP contribution >= 0.6 is 0 Å². The van der Waals surface area contributed by atoms with E-state index in [1.807, 2.05) is 20.8 Å². The molecule has 0 aliphatic heterocycles. The van der Waals surface area contributed by atoms with Gasteiger partial charge >= 0.3 is 0 Å². The smallest absolute Gasteiger partial charge is 0.123 e. The zero-order valence-corrected chi connectivity index (χ0v) is 10.1. The highest BCUT2D eigenvalue weighted by Gasteiger charge is 2.23. The van der Waals surface area contributed by atoms with Crippen molar-refractivity contribution in [1.29, 1.82) is 0 Å². The van der Waals surface area contributed by atoms with E-state index in [9.17, 15) is 9.50 Å². The topological polar surface area (TPSA) is 46.2 Å². The van der Waals surface area contributed by atoms with Crippen LogP contribution in [0, 0.1) is 24.6 Å². The average Bonchev–Trinajstić information content (AvgIpc) is 2.16. The van der Waals surface area contributed by atoms with Crippen LogP contribution < -0.4 is 5.73 Å². The van der Waals surface area contributed by atoms with E-state index >= 15 is 0 Å². The SMILES string of the molecule is Cc1cc(F)cc(C(O)C(CN)C(C)C)c1. The third-order valence-electron chi connectivity index (χ3n) is 2.94. The van der Waals surface area contributed by atoms with Gasteiger partial charge in [-0.3, -0.25) is 0 Å². The summed E-state index contributed by atoms with van der Waals surface area (Å²) in [5.74, 6) is -0.0849. The lowest BCUT2D eigenvalue weighted by Crippen LogP contribution is -2.26. The van der Waals surface area contributed by atoms with Crippen molar-refractivity contribution in [3.05, 3.63) is 35.1 Å². The van der Waals surface area contributed by atoms with Crippen LogP contribution in [0.5, 0.6) is 0 Å². The average molecular weight is 225 g/mol. The van der Waals surface area contributed by atoms with Gasteiger partial charge in [0.15, 0.2) is 0 Å². The first-order chi connectivity index (χ1) is 7.45. The molecular weight excluding hydrogens is 205 g/mol. The van der Waals surface area contributed by atoms with Crippen molar-refractivity contribution in [2.45, 2.75) is 26.9 Å². The minimum atomic E-state index is -0.695. The minimum absolute atomic E-state index is 0.0406. The molecule has 0 heterocycles. The fourth-order valence-electron chi connectivity index (χ4n) is 1.95. The van der Waals surface area contributed by atoms with Gasteiger partial charge in [0.25, 0.3) is 0 Å². The molecule has 0 aromatic heterocycles. The largest absolute Gasteiger partial charge is 0.388 e. The Morgan fingerprint density at radius 1 is 1.31 bits per heavy atom. The van der Waals surface area contributed by atoms with Crippen LogP contribution in [0.2, 0.25) is 0 Å². The molecule has 1 aromatic rings. The van der Waals surface area contributed by atoms with Crippen LogP contribution in [0.25, 0.3) is 0 Å². The number of aliphatic hydroxyl groups is 1. The lowest BCUT2D eigenvalue weighted by molar-refractivity contribution is 0.0857. The van der Waals surface area contributed by atoms with Crippen molar-refractivity contribution < 1.29 is 9.50 Å². The number of hydrogen-bond donors (Lipinski definition) is 2. The molecule has 90 valence electrons. The lowest BCUT2D eigenvalue weighted by atomic mass is 9.86. The van der Waals surface area contributed by atoms with Crippen molar-refractivity contribution in [1.82, 2.24) is 0 Å². The highest BCUT2D eigenvalue weighted by Crippen LogP contribution is 2.28. The second-order valence-electron chi connectivity index (χ2n) is 4.65. The zero-order chi connectivity index (χ0) is 12.3. The van der Waals surface area contributed by atoms with Gasteiger partial charge in [-0.1, -0.05) is 19.9 Å². The van der Waals surface area contributed by atoms with Crippen molar-refractivity contribution in [3.8, 4) is 0 Å². The lowest BCUT2D eigenvalue weighted by Gasteiger charge is -2.25. The van der Waals surface area contributed by atoms with Crippen LogP contribution in [0.1, 0.15) is 31.1 Å². The van der Waals surface area contributed by atoms with Gasteiger partial charge < -0.3 is 10.8 Å². The summed E-state index contributed by atoms with van der Waals surface area (Å²) in [4.78, 5) is 0. The number of aryl methyl sites for hydroxylation is 1. The molecule has 0 aliphatic carbocycles. The number of nitrogens with two attached hydrogens (primary N) is 1. The number of halogens is 1. The summed E-state index contributed by atoms with van der Waals surface area (Å²) in [5.41, 5.74) is 7.06. The van der Waals surface area contributed by atoms with E-state index in [1.54, 1.807) is 6.07 Å². The molecule has 0 radical (unpaired) electrons. The summed E-state index contributed by atoms with van der Waals surface area (Å²) in [6.45, 7) is 6.22. The summed E-state index contributed by atoms with van der Waals surface area (Å²) < 4.78 is 13.2. The Hall–Kier alpha value is -0.930. The van der Waals surface area contributed by atoms with Crippen LogP contribution in [-0.2, 0) is 0 Å². The maximum Gasteiger partial charge on any atom is 0.123 e. The molecule has 0 spiro atoms. The van der Waals surface area contributed by atoms with E-state index in [4.69, 9.17) is 5.73 Å². The fourth-order valence-corrected chi connectivity index (χ4v) is 1.95. The minimum Gasteiger partial charge on any atom is -0.388 e. The Kier molecular flexibility index (Phi) is 4.44. The molecule has 0 saturated carbocycles. The second-order valence-corrected chi connectivity index (χ2v) is 4.65. The third kappa shape index (κ3) is 3.03. The van der Waals surface area contributed by atoms with Gasteiger partial charge in [-0.2, -0.15) is 0 Å². The Labute approximate surface area is 96.3 Å². The molecule has 2 atom stereocenters. The number of rotatable bonds is 4. The molecule has 2 nitrogen and oxygen atoms in total. The van der Waals surface area contributed by atoms with E-state index in [2.05, 4.69) is 0 Å². The van der Waals surface area contributed by atoms with E-state index in [0.29, 0.717) is 12.1 Å². The summed E-state index contributed by atoms with van der Waals surface area (Å²) >= 11 is 0. The quantitative estimate of drug-likeness (QED) is 0.826. The molecule has 0 saturated heterocycles. The van der Waals surface area contributed by atoms with Crippen LogP contribution in [0.15, 0.2) is 18.2 Å². The predicted octanol–water partition coefficient (Wildman–Crippen LogP) is 2.40. The van der Waals surface area contributed by atoms with E-state index in [1.165, 1.54) is 12.1 Å². The number of aliphatic hydroxyl groups excluding tert-OH is 1. The highest BCUT2D eigenvalue weighted by molar-refractivity contribution is 5.25. The van der Waals surface area contributed by atoms with E-state index < -0.39 is 6.10 Å². The molecule has 1 aromatic carbocycles. The summed E-state index contributed by atoms with van der Waals surface area (Å²) in [7, 11) is 0. The van der Waals surface area contributed by atoms with Gasteiger partial charge in [0.1, 0.15) is 5.82 Å². The first-order valence-electron chi connectivity index (χ1n) is 5.61. The molecule has 0 aliphatic rings. The zero-order valence-electron chi connectivity index (χ0n) is 10.1. The fraction of sp³-hybridized carbons (Fsp3) is 0.538. The van der Waals surface area contributed by atoms with Gasteiger partial charge in [0.05, 0.1) is 6.10 Å². The van der Waals surface area contributed by atoms with E-state index in [0.717, 1.165) is 5.56 Å². The summed E-state index contributed by atoms with van der Waals surface area (Å²) in [6, 6.07) is 4.63. The number of benzene rings is 1. The first-order valence-corrected chi connectivity index (χ1v) is 5.61. The summed E-state index contributed by atoms with van der Waals surface area (Å²) in [6.07, 6.45) is -0.695. The monoisotopic (exact) mass is 225 g/mol. The normalized spacial score (nSPS) is 15.2. The van der Waals surface area contributed by atoms with Crippen molar-refractivity contribution >= 4 is 0 Å². The Morgan fingerprint density at radius 2 is 1.94 bits per heavy atom.